The fraction of sp³-hybridized carbons (Fsp3) is 0. The summed E-state index contributed by atoms with van der Waals surface area (Å²) in [5, 5.41) is 0. The summed E-state index contributed by atoms with van der Waals surface area (Å²) in [5.74, 6) is 0. The van der Waals surface area contributed by atoms with Gasteiger partial charge >= 0.3 is 0 Å². The van der Waals surface area contributed by atoms with Crippen LogP contribution < -0.4 is 0 Å². The van der Waals surface area contributed by atoms with Crippen molar-refractivity contribution in [2.75, 3.05) is 0 Å². The molecule has 0 saturated heterocycles. The molecule has 0 aliphatic rings. The van der Waals surface area contributed by atoms with Gasteiger partial charge in [0.1, 0.15) is 0 Å². The van der Waals surface area contributed by atoms with Crippen LogP contribution in [0.15, 0.2) is 0 Å². The van der Waals surface area contributed by atoms with Crippen molar-refractivity contribution in [3.05, 3.63) is 0 Å². The van der Waals surface area contributed by atoms with Crippen molar-refractivity contribution in [3.63, 3.8) is 0 Å². The van der Waals surface area contributed by atoms with E-state index in [-0.39, 0.29) is 1.91 Å². The summed E-state index contributed by atoms with van der Waals surface area (Å²) in [6, 6.07) is 0. The normalized spacial score (nSPS) is 9.00. The van der Waals surface area contributed by atoms with E-state index < -0.39 is 0 Å². The molecule has 0 aromatic carbocycles. The Hall–Kier alpha value is 2.37. The largest absolute Gasteiger partial charge is 0.0934 e. The first-order chi connectivity index (χ1) is 1.73. The molecule has 0 amide bonds. The third kappa shape index (κ3) is 8.84. The second-order valence-electron chi connectivity index (χ2n) is 0.192. The molecule has 0 N–H and O–H groups in total. The number of hydrogen-bond acceptors (Lipinski definition) is 0. The van der Waals surface area contributed by atoms with E-state index in [1.54, 1.807) is 0 Å². The van der Waals surface area contributed by atoms with Crippen LogP contribution in [0, 0.1) is 0 Å². The van der Waals surface area contributed by atoms with E-state index in [0.29, 0.717) is 0 Å². The van der Waals surface area contributed by atoms with Crippen LogP contribution in [-0.4, -0.2) is 0 Å². The molecule has 0 fully saturated rings. The van der Waals surface area contributed by atoms with Crippen molar-refractivity contribution in [2.45, 2.75) is 0 Å². The highest BCUT2D eigenvalue weighted by Crippen LogP contribution is 2.60. The summed E-state index contributed by atoms with van der Waals surface area (Å²) < 4.78 is 0.132. The molecule has 0 radical (unpaired) electrons. The zero-order valence-corrected chi connectivity index (χ0v) is 8.38. The molecule has 4 heteroatoms. The quantitative estimate of drug-likeness (QED) is 0.456. The Morgan fingerprint density at radius 2 is 1.50 bits per heavy atom. The smallest absolute Gasteiger partial charge is 0.0365 e. The van der Waals surface area contributed by atoms with E-state index in [0.717, 1.165) is 0 Å². The zero-order valence-electron chi connectivity index (χ0n) is 1.58. The monoisotopic (exact) mass is 364 g/mol. The molecule has 0 bridgehead atoms. The van der Waals surface area contributed by atoms with E-state index >= 15 is 0 Å². The van der Waals surface area contributed by atoms with Crippen molar-refractivity contribution in [1.82, 2.24) is 0 Å². The summed E-state index contributed by atoms with van der Waals surface area (Å²) in [4.78, 5) is 0. The molecule has 0 spiro atoms. The topological polar surface area (TPSA) is 0 Å². The minimum absolute atomic E-state index is 0.132. The van der Waals surface area contributed by atoms with Gasteiger partial charge in [-0.05, 0) is 59.6 Å². The standard InChI is InChI=1S/BrI2P/c1-4(2)3. The summed E-state index contributed by atoms with van der Waals surface area (Å²) in [7, 11) is 0. The van der Waals surface area contributed by atoms with Gasteiger partial charge in [-0.2, -0.15) is 0 Å². The zero-order chi connectivity index (χ0) is 3.58. The number of rotatable bonds is 0. The Morgan fingerprint density at radius 3 is 1.50 bits per heavy atom. The third-order valence-electron chi connectivity index (χ3n) is 0. The van der Waals surface area contributed by atoms with Crippen LogP contribution in [0.5, 0.6) is 0 Å². The highest BCUT2D eigenvalue weighted by molar-refractivity contribution is 14.3. The van der Waals surface area contributed by atoms with Gasteiger partial charge in [0, 0.05) is 0 Å². The van der Waals surface area contributed by atoms with Gasteiger partial charge in [0.15, 0.2) is 0 Å². The molecule has 0 unspecified atom stereocenters. The number of halogens is 3. The fourth-order valence-corrected chi connectivity index (χ4v) is 0. The van der Waals surface area contributed by atoms with Gasteiger partial charge in [0.2, 0.25) is 0 Å². The lowest BCUT2D eigenvalue weighted by molar-refractivity contribution is 6.28. The summed E-state index contributed by atoms with van der Waals surface area (Å²) in [6.45, 7) is 0. The minimum atomic E-state index is 0.132. The summed E-state index contributed by atoms with van der Waals surface area (Å²) in [5.41, 5.74) is 0. The predicted octanol–water partition coefficient (Wildman–Crippen LogP) is 3.48. The maximum absolute atomic E-state index is 3.31. The van der Waals surface area contributed by atoms with Gasteiger partial charge in [0.25, 0.3) is 0 Å². The Bertz CT molecular complexity index is 10.8. The van der Waals surface area contributed by atoms with Crippen molar-refractivity contribution >= 4 is 61.5 Å². The molecule has 26 valence electrons. The SMILES string of the molecule is BrP(I)I. The Morgan fingerprint density at radius 1 is 1.50 bits per heavy atom. The first-order valence-corrected chi connectivity index (χ1v) is 9.44. The average molecular weight is 365 g/mol. The van der Waals surface area contributed by atoms with E-state index in [4.69, 9.17) is 0 Å². The van der Waals surface area contributed by atoms with Crippen LogP contribution in [0.1, 0.15) is 0 Å². The molecule has 0 aromatic rings. The van der Waals surface area contributed by atoms with Crippen molar-refractivity contribution in [1.29, 1.82) is 0 Å². The van der Waals surface area contributed by atoms with Gasteiger partial charge in [-0.3, -0.25) is 0 Å². The van der Waals surface area contributed by atoms with Gasteiger partial charge in [0.05, 0.1) is 1.91 Å². The molecule has 0 saturated carbocycles. The molecular formula is BrI2P. The fourth-order valence-electron chi connectivity index (χ4n) is 0. The van der Waals surface area contributed by atoms with E-state index in [2.05, 4.69) is 59.6 Å². The van der Waals surface area contributed by atoms with Gasteiger partial charge in [-0.25, -0.2) is 0 Å². The molecule has 0 aliphatic carbocycles. The molecular weight excluding hydrogens is 365 g/mol. The lowest BCUT2D eigenvalue weighted by Gasteiger charge is -1.70. The van der Waals surface area contributed by atoms with Gasteiger partial charge in [-0.15, -0.1) is 0 Å². The predicted molar refractivity (Wildman–Crippen MR) is 43.9 cm³/mol. The van der Waals surface area contributed by atoms with Gasteiger partial charge in [-0.1, -0.05) is 0 Å². The molecule has 0 aliphatic heterocycles. The second kappa shape index (κ2) is 3.56. The van der Waals surface area contributed by atoms with Crippen molar-refractivity contribution in [2.24, 2.45) is 0 Å². The summed E-state index contributed by atoms with van der Waals surface area (Å²) in [6.07, 6.45) is 0. The highest BCUT2D eigenvalue weighted by Gasteiger charge is 1.77. The maximum atomic E-state index is 3.31. The first kappa shape index (κ1) is 6.37. The maximum Gasteiger partial charge on any atom is 0.0934 e. The Balaban J connectivity index is 2.32. The van der Waals surface area contributed by atoms with Crippen LogP contribution in [0.4, 0.5) is 0 Å². The van der Waals surface area contributed by atoms with Crippen molar-refractivity contribution in [3.8, 4) is 0 Å². The Kier molecular flexibility index (Phi) is 5.66. The van der Waals surface area contributed by atoms with Crippen LogP contribution in [0.2, 0.25) is 0 Å². The van der Waals surface area contributed by atoms with Crippen molar-refractivity contribution < 1.29 is 0 Å². The van der Waals surface area contributed by atoms with Crippen LogP contribution in [0.25, 0.3) is 0 Å². The van der Waals surface area contributed by atoms with Crippen LogP contribution >= 0.6 is 61.5 Å². The van der Waals surface area contributed by atoms with E-state index in [1.807, 2.05) is 0 Å². The van der Waals surface area contributed by atoms with Gasteiger partial charge < -0.3 is 0 Å². The molecule has 4 heavy (non-hydrogen) atoms. The number of hydrogen-bond donors (Lipinski definition) is 0. The molecule has 0 atom stereocenters. The highest BCUT2D eigenvalue weighted by atomic mass is 127. The third-order valence-corrected chi connectivity index (χ3v) is 0. The molecule has 0 rings (SSSR count). The average Bonchev–Trinajstić information content (AvgIpc) is 0.811. The molecule has 0 heterocycles. The van der Waals surface area contributed by atoms with Crippen LogP contribution in [0.3, 0.4) is 0 Å². The summed E-state index contributed by atoms with van der Waals surface area (Å²) >= 11 is 7.93. The van der Waals surface area contributed by atoms with E-state index in [9.17, 15) is 0 Å². The first-order valence-electron chi connectivity index (χ1n) is 0.507. The molecule has 0 aromatic heterocycles. The second-order valence-corrected chi connectivity index (χ2v) is 22.0. The lowest BCUT2D eigenvalue weighted by atomic mass is 30.9. The van der Waals surface area contributed by atoms with Crippen LogP contribution in [-0.2, 0) is 0 Å². The molecule has 0 nitrogen and oxygen atoms in total. The van der Waals surface area contributed by atoms with E-state index in [1.165, 1.54) is 0 Å². The lowest BCUT2D eigenvalue weighted by Crippen LogP contribution is -0.864. The minimum Gasteiger partial charge on any atom is -0.0365 e. The Labute approximate surface area is 60.6 Å².